The monoisotopic (exact) mass is 471 g/mol. The van der Waals surface area contributed by atoms with Crippen LogP contribution in [0.5, 0.6) is 0 Å². The van der Waals surface area contributed by atoms with E-state index in [4.69, 9.17) is 9.15 Å². The van der Waals surface area contributed by atoms with Crippen LogP contribution in [-0.2, 0) is 20.7 Å². The largest absolute Gasteiger partial charge is 0.463 e. The minimum atomic E-state index is -0.399. The van der Waals surface area contributed by atoms with Crippen LogP contribution in [0.4, 0.5) is 5.13 Å². The first-order valence-corrected chi connectivity index (χ1v) is 11.8. The number of anilines is 1. The third kappa shape index (κ3) is 6.80. The molecule has 0 spiro atoms. The van der Waals surface area contributed by atoms with Gasteiger partial charge in [0.05, 0.1) is 29.0 Å². The molecule has 0 unspecified atom stereocenters. The lowest BCUT2D eigenvalue weighted by molar-refractivity contribution is -0.137. The van der Waals surface area contributed by atoms with Gasteiger partial charge in [0.25, 0.3) is 5.91 Å². The third-order valence-electron chi connectivity index (χ3n) is 4.21. The summed E-state index contributed by atoms with van der Waals surface area (Å²) in [6.45, 7) is 8.32. The maximum absolute atomic E-state index is 12.5. The fourth-order valence-electron chi connectivity index (χ4n) is 2.51. The summed E-state index contributed by atoms with van der Waals surface area (Å²) in [5.41, 5.74) is 1.22. The minimum absolute atomic E-state index is 0.0762. The van der Waals surface area contributed by atoms with Crippen molar-refractivity contribution in [1.82, 2.24) is 9.97 Å². The molecule has 0 saturated heterocycles. The summed E-state index contributed by atoms with van der Waals surface area (Å²) in [6, 6.07) is 6.91. The van der Waals surface area contributed by atoms with Crippen LogP contribution in [0.1, 0.15) is 55.3 Å². The zero-order valence-electron chi connectivity index (χ0n) is 18.4. The molecular weight excluding hydrogens is 446 g/mol. The first-order valence-electron chi connectivity index (χ1n) is 10.0. The Bertz CT molecular complexity index is 1100. The molecule has 32 heavy (non-hydrogen) atoms. The lowest BCUT2D eigenvalue weighted by Gasteiger charge is -2.12. The predicted octanol–water partition coefficient (Wildman–Crippen LogP) is 5.55. The second-order valence-electron chi connectivity index (χ2n) is 7.80. The highest BCUT2D eigenvalue weighted by Crippen LogP contribution is 2.32. The first kappa shape index (κ1) is 23.7. The van der Waals surface area contributed by atoms with E-state index in [0.717, 1.165) is 15.5 Å². The molecule has 1 N–H and O–H groups in total. The number of carbonyl (C=O) groups excluding carboxylic acids is 2. The van der Waals surface area contributed by atoms with Gasteiger partial charge in [-0.15, -0.1) is 11.8 Å². The number of rotatable bonds is 8. The molecule has 0 saturated carbocycles. The normalized spacial score (nSPS) is 11.6. The average molecular weight is 472 g/mol. The van der Waals surface area contributed by atoms with Crippen LogP contribution < -0.4 is 5.32 Å². The molecule has 1 aromatic carbocycles. The molecule has 0 aliphatic heterocycles. The van der Waals surface area contributed by atoms with Crippen LogP contribution in [0.15, 0.2) is 51.4 Å². The number of nitrogens with zero attached hydrogens (tertiary/aromatic N) is 2. The van der Waals surface area contributed by atoms with E-state index in [-0.39, 0.29) is 11.3 Å². The highest BCUT2D eigenvalue weighted by Gasteiger charge is 2.19. The van der Waals surface area contributed by atoms with Crippen molar-refractivity contribution >= 4 is 46.2 Å². The van der Waals surface area contributed by atoms with Crippen molar-refractivity contribution in [3.8, 4) is 0 Å². The number of thiazole rings is 1. The van der Waals surface area contributed by atoms with Crippen molar-refractivity contribution in [2.75, 3.05) is 11.9 Å². The lowest BCUT2D eigenvalue weighted by Crippen LogP contribution is -2.11. The lowest BCUT2D eigenvalue weighted by atomic mass is 9.94. The molecule has 7 nitrogen and oxygen atoms in total. The molecule has 0 bridgehead atoms. The summed E-state index contributed by atoms with van der Waals surface area (Å²) < 4.78 is 11.6. The number of hydrogen-bond donors (Lipinski definition) is 1. The molecule has 2 heterocycles. The zero-order chi connectivity index (χ0) is 23.1. The summed E-state index contributed by atoms with van der Waals surface area (Å²) in [7, 11) is 0. The van der Waals surface area contributed by atoms with E-state index < -0.39 is 5.97 Å². The Labute approximate surface area is 195 Å². The van der Waals surface area contributed by atoms with Crippen molar-refractivity contribution in [2.24, 2.45) is 0 Å². The zero-order valence-corrected chi connectivity index (χ0v) is 20.0. The smallest absolute Gasteiger partial charge is 0.330 e. The number of thioether (sulfide) groups is 1. The van der Waals surface area contributed by atoms with Gasteiger partial charge >= 0.3 is 5.97 Å². The maximum Gasteiger partial charge on any atom is 0.330 e. The Morgan fingerprint density at radius 1 is 1.19 bits per heavy atom. The Kier molecular flexibility index (Phi) is 7.87. The van der Waals surface area contributed by atoms with Crippen LogP contribution in [0, 0.1) is 0 Å². The van der Waals surface area contributed by atoms with E-state index in [1.165, 1.54) is 17.4 Å². The van der Waals surface area contributed by atoms with Gasteiger partial charge in [0.2, 0.25) is 5.89 Å². The average Bonchev–Trinajstić information content (AvgIpc) is 3.40. The molecule has 9 heteroatoms. The quantitative estimate of drug-likeness (QED) is 0.261. The second kappa shape index (κ2) is 10.6. The highest BCUT2D eigenvalue weighted by atomic mass is 32.2. The van der Waals surface area contributed by atoms with Crippen molar-refractivity contribution in [3.05, 3.63) is 65.5 Å². The topological polar surface area (TPSA) is 94.3 Å². The van der Waals surface area contributed by atoms with Gasteiger partial charge in [0.15, 0.2) is 5.13 Å². The second-order valence-corrected chi connectivity index (χ2v) is 10.1. The third-order valence-corrected chi connectivity index (χ3v) is 6.30. The number of benzene rings is 1. The fourth-order valence-corrected chi connectivity index (χ4v) is 4.23. The summed E-state index contributed by atoms with van der Waals surface area (Å²) in [4.78, 5) is 32.5. The Morgan fingerprint density at radius 3 is 2.59 bits per heavy atom. The van der Waals surface area contributed by atoms with Gasteiger partial charge < -0.3 is 9.15 Å². The van der Waals surface area contributed by atoms with Crippen LogP contribution in [0.3, 0.4) is 0 Å². The molecule has 1 amide bonds. The van der Waals surface area contributed by atoms with E-state index in [9.17, 15) is 9.59 Å². The van der Waals surface area contributed by atoms with E-state index in [1.807, 2.05) is 0 Å². The summed E-state index contributed by atoms with van der Waals surface area (Å²) in [5, 5.41) is 3.33. The van der Waals surface area contributed by atoms with E-state index in [2.05, 4.69) is 36.1 Å². The highest BCUT2D eigenvalue weighted by molar-refractivity contribution is 8.00. The van der Waals surface area contributed by atoms with Crippen molar-refractivity contribution in [1.29, 1.82) is 0 Å². The molecule has 3 aromatic rings. The molecule has 3 rings (SSSR count). The number of amides is 1. The molecular formula is C23H25N3O4S2. The van der Waals surface area contributed by atoms with Gasteiger partial charge in [-0.3, -0.25) is 10.1 Å². The van der Waals surface area contributed by atoms with Crippen LogP contribution in [-0.4, -0.2) is 28.5 Å². The van der Waals surface area contributed by atoms with Crippen molar-refractivity contribution in [2.45, 2.75) is 43.1 Å². The fraction of sp³-hybridized carbons (Fsp3) is 0.304. The maximum atomic E-state index is 12.5. The van der Waals surface area contributed by atoms with Crippen LogP contribution in [0.2, 0.25) is 0 Å². The predicted molar refractivity (Wildman–Crippen MR) is 127 cm³/mol. The number of ether oxygens (including phenoxy) is 1. The summed E-state index contributed by atoms with van der Waals surface area (Å²) >= 11 is 2.95. The molecule has 0 aliphatic carbocycles. The van der Waals surface area contributed by atoms with Gasteiger partial charge in [0.1, 0.15) is 5.76 Å². The van der Waals surface area contributed by atoms with E-state index in [1.54, 1.807) is 61.4 Å². The SMILES string of the molecule is CCOC(=O)C=Cc1ccc(C(=O)Nc2ncc(SCc3ncc(C(C)(C)C)o3)s2)cc1. The number of hydrogen-bond acceptors (Lipinski definition) is 8. The molecule has 0 atom stereocenters. The Hall–Kier alpha value is -2.91. The number of nitrogens with one attached hydrogen (secondary N) is 1. The van der Waals surface area contributed by atoms with Crippen LogP contribution in [0.25, 0.3) is 6.08 Å². The van der Waals surface area contributed by atoms with Gasteiger partial charge in [-0.25, -0.2) is 14.8 Å². The number of carbonyl (C=O) groups is 2. The van der Waals surface area contributed by atoms with E-state index >= 15 is 0 Å². The van der Waals surface area contributed by atoms with E-state index in [0.29, 0.717) is 28.9 Å². The number of oxazole rings is 1. The van der Waals surface area contributed by atoms with Gasteiger partial charge in [-0.05, 0) is 30.7 Å². The first-order chi connectivity index (χ1) is 15.2. The molecule has 0 aliphatic rings. The van der Waals surface area contributed by atoms with Crippen molar-refractivity contribution < 1.29 is 18.7 Å². The summed E-state index contributed by atoms with van der Waals surface area (Å²) in [5.74, 6) is 1.46. The molecule has 0 radical (unpaired) electrons. The molecule has 168 valence electrons. The Morgan fingerprint density at radius 2 is 1.94 bits per heavy atom. The standard InChI is InChI=1S/C23H25N3O4S2/c1-5-29-19(27)11-8-15-6-9-16(10-7-15)21(28)26-22-25-13-20(32-22)31-14-18-24-12-17(30-18)23(2,3)4/h6-13H,5,14H2,1-4H3,(H,25,26,28). The number of aromatic nitrogens is 2. The van der Waals surface area contributed by atoms with Crippen molar-refractivity contribution in [3.63, 3.8) is 0 Å². The molecule has 0 fully saturated rings. The van der Waals surface area contributed by atoms with Gasteiger partial charge in [-0.1, -0.05) is 44.2 Å². The van der Waals surface area contributed by atoms with Gasteiger partial charge in [-0.2, -0.15) is 0 Å². The molecule has 2 aromatic heterocycles. The minimum Gasteiger partial charge on any atom is -0.463 e. The van der Waals surface area contributed by atoms with Gasteiger partial charge in [0, 0.05) is 17.1 Å². The summed E-state index contributed by atoms with van der Waals surface area (Å²) in [6.07, 6.45) is 6.49. The van der Waals surface area contributed by atoms with Crippen LogP contribution >= 0.6 is 23.1 Å². The Balaban J connectivity index is 1.53. The number of esters is 1.